The summed E-state index contributed by atoms with van der Waals surface area (Å²) in [7, 11) is 0. The molecular weight excluding hydrogens is 415 g/mol. The van der Waals surface area contributed by atoms with Gasteiger partial charge in [0.1, 0.15) is 5.82 Å². The van der Waals surface area contributed by atoms with Crippen LogP contribution in [0.4, 0.5) is 15.2 Å². The number of nitrogens with zero attached hydrogens (tertiary/aromatic N) is 3. The number of aromatic nitrogens is 1. The van der Waals surface area contributed by atoms with E-state index in [1.54, 1.807) is 23.5 Å². The Labute approximate surface area is 185 Å². The number of rotatable bonds is 4. The molecule has 1 N–H and O–H groups in total. The first-order valence-corrected chi connectivity index (χ1v) is 12.0. The van der Waals surface area contributed by atoms with Gasteiger partial charge in [0.15, 0.2) is 5.13 Å². The highest BCUT2D eigenvalue weighted by Crippen LogP contribution is 2.35. The number of amides is 2. The van der Waals surface area contributed by atoms with Crippen LogP contribution in [0, 0.1) is 17.7 Å². The molecule has 1 saturated heterocycles. The number of halogens is 1. The Bertz CT molecular complexity index is 982. The third-order valence-corrected chi connectivity index (χ3v) is 7.89. The van der Waals surface area contributed by atoms with Crippen LogP contribution in [0.5, 0.6) is 0 Å². The summed E-state index contributed by atoms with van der Waals surface area (Å²) in [5.41, 5.74) is 1.60. The molecule has 8 heteroatoms. The number of piperazine rings is 1. The van der Waals surface area contributed by atoms with Crippen molar-refractivity contribution < 1.29 is 14.0 Å². The van der Waals surface area contributed by atoms with E-state index in [-0.39, 0.29) is 23.6 Å². The normalized spacial score (nSPS) is 21.4. The Hall–Kier alpha value is -2.48. The van der Waals surface area contributed by atoms with Crippen LogP contribution in [0.3, 0.4) is 0 Å². The van der Waals surface area contributed by atoms with E-state index in [4.69, 9.17) is 4.98 Å². The minimum absolute atomic E-state index is 0.0608. The van der Waals surface area contributed by atoms with Crippen molar-refractivity contribution in [1.29, 1.82) is 0 Å². The Balaban J connectivity index is 1.18. The van der Waals surface area contributed by atoms with Crippen molar-refractivity contribution in [3.63, 3.8) is 0 Å². The van der Waals surface area contributed by atoms with E-state index in [9.17, 15) is 14.0 Å². The van der Waals surface area contributed by atoms with Crippen LogP contribution in [0.15, 0.2) is 24.3 Å². The van der Waals surface area contributed by atoms with Crippen LogP contribution in [0.2, 0.25) is 0 Å². The second kappa shape index (κ2) is 8.57. The predicted molar refractivity (Wildman–Crippen MR) is 119 cm³/mol. The minimum atomic E-state index is -0.356. The Morgan fingerprint density at radius 2 is 1.90 bits per heavy atom. The van der Waals surface area contributed by atoms with Crippen molar-refractivity contribution >= 4 is 34.0 Å². The first-order valence-electron chi connectivity index (χ1n) is 11.2. The van der Waals surface area contributed by atoms with E-state index >= 15 is 0 Å². The summed E-state index contributed by atoms with van der Waals surface area (Å²) in [6.07, 6.45) is 5.49. The number of aryl methyl sites for hydroxylation is 1. The summed E-state index contributed by atoms with van der Waals surface area (Å²) in [6.45, 7) is 3.15. The van der Waals surface area contributed by atoms with E-state index in [0.29, 0.717) is 18.0 Å². The first-order chi connectivity index (χ1) is 15.1. The lowest BCUT2D eigenvalue weighted by molar-refractivity contribution is -0.138. The SMILES string of the molecule is O=C(Nc1cccc(F)c1)[C@H]1CCc2nc(N3CCN(C(=O)C4CCC4)CC3)sc2C1. The van der Waals surface area contributed by atoms with Crippen LogP contribution in [0.25, 0.3) is 0 Å². The Morgan fingerprint density at radius 3 is 2.61 bits per heavy atom. The van der Waals surface area contributed by atoms with Crippen molar-refractivity contribution in [3.05, 3.63) is 40.7 Å². The summed E-state index contributed by atoms with van der Waals surface area (Å²) in [6, 6.07) is 6.01. The molecule has 1 atom stereocenters. The lowest BCUT2D eigenvalue weighted by atomic mass is 9.84. The molecule has 1 aromatic heterocycles. The van der Waals surface area contributed by atoms with Crippen molar-refractivity contribution in [2.24, 2.45) is 11.8 Å². The molecule has 3 aliphatic rings. The van der Waals surface area contributed by atoms with Gasteiger partial charge in [0.2, 0.25) is 11.8 Å². The van der Waals surface area contributed by atoms with Crippen LogP contribution in [-0.4, -0.2) is 47.9 Å². The van der Waals surface area contributed by atoms with E-state index in [1.807, 2.05) is 4.90 Å². The topological polar surface area (TPSA) is 65.5 Å². The second-order valence-electron chi connectivity index (χ2n) is 8.75. The maximum atomic E-state index is 13.4. The largest absolute Gasteiger partial charge is 0.345 e. The number of fused-ring (bicyclic) bond motifs is 1. The fraction of sp³-hybridized carbons (Fsp3) is 0.522. The fourth-order valence-electron chi connectivity index (χ4n) is 4.56. The highest BCUT2D eigenvalue weighted by molar-refractivity contribution is 7.15. The molecule has 1 aliphatic heterocycles. The highest BCUT2D eigenvalue weighted by Gasteiger charge is 2.33. The quantitative estimate of drug-likeness (QED) is 0.788. The van der Waals surface area contributed by atoms with E-state index in [0.717, 1.165) is 62.7 Å². The zero-order valence-corrected chi connectivity index (χ0v) is 18.3. The van der Waals surface area contributed by atoms with Gasteiger partial charge in [-0.25, -0.2) is 9.37 Å². The number of carbonyl (C=O) groups excluding carboxylic acids is 2. The summed E-state index contributed by atoms with van der Waals surface area (Å²) in [5, 5.41) is 3.85. The first kappa shape index (κ1) is 20.4. The molecule has 2 aliphatic carbocycles. The van der Waals surface area contributed by atoms with Crippen LogP contribution in [0.1, 0.15) is 36.3 Å². The number of carbonyl (C=O) groups is 2. The lowest BCUT2D eigenvalue weighted by Crippen LogP contribution is -2.51. The molecule has 6 nitrogen and oxygen atoms in total. The third kappa shape index (κ3) is 4.31. The number of nitrogens with one attached hydrogen (secondary N) is 1. The predicted octanol–water partition coefficient (Wildman–Crippen LogP) is 3.47. The average molecular weight is 443 g/mol. The van der Waals surface area contributed by atoms with Gasteiger partial charge in [-0.15, -0.1) is 11.3 Å². The van der Waals surface area contributed by atoms with Gasteiger partial charge in [0, 0.05) is 48.6 Å². The molecule has 2 fully saturated rings. The van der Waals surface area contributed by atoms with Gasteiger partial charge in [0.25, 0.3) is 0 Å². The van der Waals surface area contributed by atoms with Gasteiger partial charge in [0.05, 0.1) is 5.69 Å². The van der Waals surface area contributed by atoms with Gasteiger partial charge in [-0.2, -0.15) is 0 Å². The molecule has 0 unspecified atom stereocenters. The molecule has 0 radical (unpaired) electrons. The average Bonchev–Trinajstić information content (AvgIpc) is 3.16. The number of thiazole rings is 1. The van der Waals surface area contributed by atoms with E-state index in [1.165, 1.54) is 23.4 Å². The second-order valence-corrected chi connectivity index (χ2v) is 9.81. The minimum Gasteiger partial charge on any atom is -0.345 e. The lowest BCUT2D eigenvalue weighted by Gasteiger charge is -2.38. The Morgan fingerprint density at radius 1 is 1.10 bits per heavy atom. The summed E-state index contributed by atoms with van der Waals surface area (Å²) >= 11 is 1.67. The number of benzene rings is 1. The van der Waals surface area contributed by atoms with Gasteiger partial charge >= 0.3 is 0 Å². The summed E-state index contributed by atoms with van der Waals surface area (Å²) < 4.78 is 13.4. The zero-order chi connectivity index (χ0) is 21.4. The van der Waals surface area contributed by atoms with Crippen LogP contribution in [-0.2, 0) is 22.4 Å². The Kier molecular flexibility index (Phi) is 5.65. The molecule has 164 valence electrons. The van der Waals surface area contributed by atoms with Crippen molar-refractivity contribution in [2.75, 3.05) is 36.4 Å². The monoisotopic (exact) mass is 442 g/mol. The molecule has 0 spiro atoms. The molecule has 31 heavy (non-hydrogen) atoms. The highest BCUT2D eigenvalue weighted by atomic mass is 32.1. The maximum Gasteiger partial charge on any atom is 0.227 e. The van der Waals surface area contributed by atoms with Crippen molar-refractivity contribution in [2.45, 2.75) is 38.5 Å². The molecule has 2 amide bonds. The standard InChI is InChI=1S/C23H27FN4O2S/c24-17-5-2-6-18(14-17)25-21(29)16-7-8-19-20(13-16)31-23(26-19)28-11-9-27(10-12-28)22(30)15-3-1-4-15/h2,5-6,14-16H,1,3-4,7-13H2,(H,25,29)/t16-/m0/s1. The summed E-state index contributed by atoms with van der Waals surface area (Å²) in [5.74, 6) is 0.0475. The molecule has 1 aromatic carbocycles. The van der Waals surface area contributed by atoms with Crippen LogP contribution >= 0.6 is 11.3 Å². The molecule has 2 aromatic rings. The van der Waals surface area contributed by atoms with Gasteiger partial charge in [-0.05, 0) is 50.3 Å². The number of anilines is 2. The maximum absolute atomic E-state index is 13.4. The van der Waals surface area contributed by atoms with E-state index in [2.05, 4.69) is 10.2 Å². The van der Waals surface area contributed by atoms with Gasteiger partial charge in [-0.1, -0.05) is 12.5 Å². The van der Waals surface area contributed by atoms with Crippen molar-refractivity contribution in [3.8, 4) is 0 Å². The molecule has 2 heterocycles. The van der Waals surface area contributed by atoms with E-state index < -0.39 is 0 Å². The summed E-state index contributed by atoms with van der Waals surface area (Å²) in [4.78, 5) is 35.5. The fourth-order valence-corrected chi connectivity index (χ4v) is 5.80. The number of hydrogen-bond acceptors (Lipinski definition) is 5. The smallest absolute Gasteiger partial charge is 0.227 e. The number of hydrogen-bond donors (Lipinski definition) is 1. The molecular formula is C23H27FN4O2S. The third-order valence-electron chi connectivity index (χ3n) is 6.71. The van der Waals surface area contributed by atoms with Gasteiger partial charge < -0.3 is 15.1 Å². The van der Waals surface area contributed by atoms with Crippen molar-refractivity contribution in [1.82, 2.24) is 9.88 Å². The van der Waals surface area contributed by atoms with Crippen LogP contribution < -0.4 is 10.2 Å². The zero-order valence-electron chi connectivity index (χ0n) is 17.5. The molecule has 0 bridgehead atoms. The molecule has 5 rings (SSSR count). The molecule has 1 saturated carbocycles. The van der Waals surface area contributed by atoms with Gasteiger partial charge in [-0.3, -0.25) is 9.59 Å².